The lowest BCUT2D eigenvalue weighted by Gasteiger charge is -2.27. The summed E-state index contributed by atoms with van der Waals surface area (Å²) >= 11 is 1.52. The van der Waals surface area contributed by atoms with Gasteiger partial charge in [-0.25, -0.2) is 8.42 Å². The number of aryl methyl sites for hydroxylation is 1. The number of ether oxygens (including phenoxy) is 1. The second kappa shape index (κ2) is 12.9. The van der Waals surface area contributed by atoms with E-state index in [-0.39, 0.29) is 4.90 Å². The molecule has 1 atom stereocenters. The van der Waals surface area contributed by atoms with Gasteiger partial charge in [0.15, 0.2) is 0 Å². The minimum absolute atomic E-state index is 0.0949. The Labute approximate surface area is 235 Å². The highest BCUT2D eigenvalue weighted by Crippen LogP contribution is 2.33. The molecule has 0 aliphatic heterocycles. The minimum Gasteiger partial charge on any atom is -0.492 e. The zero-order chi connectivity index (χ0) is 27.8. The number of rotatable bonds is 11. The summed E-state index contributed by atoms with van der Waals surface area (Å²) in [5.74, 6) is -0.0599. The summed E-state index contributed by atoms with van der Waals surface area (Å²) < 4.78 is 34.8. The summed E-state index contributed by atoms with van der Waals surface area (Å²) in [7, 11) is -4.10. The number of carbonyl (C=O) groups is 1. The predicted octanol–water partition coefficient (Wildman–Crippen LogP) is 6.22. The van der Waals surface area contributed by atoms with Crippen molar-refractivity contribution >= 4 is 33.4 Å². The summed E-state index contributed by atoms with van der Waals surface area (Å²) in [6.45, 7) is 3.76. The molecule has 0 aromatic heterocycles. The van der Waals surface area contributed by atoms with Crippen molar-refractivity contribution in [2.24, 2.45) is 0 Å². The van der Waals surface area contributed by atoms with Gasteiger partial charge in [-0.3, -0.25) is 9.10 Å². The highest BCUT2D eigenvalue weighted by atomic mass is 32.2. The smallest absolute Gasteiger partial charge is 0.264 e. The molecule has 202 valence electrons. The number of amides is 1. The lowest BCUT2D eigenvalue weighted by atomic mass is 9.98. The normalized spacial score (nSPS) is 12.0. The Morgan fingerprint density at radius 3 is 2.13 bits per heavy atom. The molecule has 4 aromatic rings. The van der Waals surface area contributed by atoms with Gasteiger partial charge in [0.25, 0.3) is 10.0 Å². The van der Waals surface area contributed by atoms with Gasteiger partial charge in [-0.2, -0.15) is 0 Å². The molecule has 0 heterocycles. The summed E-state index contributed by atoms with van der Waals surface area (Å²) in [5.41, 5.74) is 3.20. The van der Waals surface area contributed by atoms with E-state index in [1.165, 1.54) is 11.8 Å². The molecule has 1 N–H and O–H groups in total. The average molecular weight is 561 g/mol. The first kappa shape index (κ1) is 28.3. The van der Waals surface area contributed by atoms with Crippen molar-refractivity contribution in [1.82, 2.24) is 5.32 Å². The maximum Gasteiger partial charge on any atom is 0.264 e. The Balaban J connectivity index is 1.72. The van der Waals surface area contributed by atoms with E-state index in [1.807, 2.05) is 74.7 Å². The van der Waals surface area contributed by atoms with Crippen LogP contribution in [0.4, 0.5) is 5.69 Å². The molecule has 0 saturated heterocycles. The van der Waals surface area contributed by atoms with Gasteiger partial charge in [-0.1, -0.05) is 72.3 Å². The van der Waals surface area contributed by atoms with Crippen molar-refractivity contribution < 1.29 is 17.9 Å². The van der Waals surface area contributed by atoms with Crippen LogP contribution in [0.15, 0.2) is 113 Å². The lowest BCUT2D eigenvalue weighted by molar-refractivity contribution is -0.120. The number of hydrogen-bond donors (Lipinski definition) is 1. The van der Waals surface area contributed by atoms with Gasteiger partial charge < -0.3 is 10.1 Å². The molecule has 0 saturated carbocycles. The van der Waals surface area contributed by atoms with Crippen LogP contribution in [0, 0.1) is 6.92 Å². The summed E-state index contributed by atoms with van der Waals surface area (Å²) in [4.78, 5) is 14.7. The van der Waals surface area contributed by atoms with E-state index in [1.54, 1.807) is 48.5 Å². The number of hydrogen-bond acceptors (Lipinski definition) is 5. The minimum atomic E-state index is -4.10. The van der Waals surface area contributed by atoms with E-state index < -0.39 is 28.5 Å². The third-order valence-electron chi connectivity index (χ3n) is 6.22. The maximum atomic E-state index is 14.0. The van der Waals surface area contributed by atoms with Crippen LogP contribution in [-0.4, -0.2) is 33.7 Å². The molecule has 8 heteroatoms. The molecule has 0 unspecified atom stereocenters. The molecule has 4 rings (SSSR count). The topological polar surface area (TPSA) is 75.7 Å². The zero-order valence-electron chi connectivity index (χ0n) is 22.2. The van der Waals surface area contributed by atoms with Gasteiger partial charge in [-0.05, 0) is 67.6 Å². The quantitative estimate of drug-likeness (QED) is 0.221. The van der Waals surface area contributed by atoms with Crippen LogP contribution in [0.1, 0.15) is 29.7 Å². The van der Waals surface area contributed by atoms with Crippen LogP contribution in [0.25, 0.3) is 0 Å². The monoisotopic (exact) mass is 560 g/mol. The predicted molar refractivity (Wildman–Crippen MR) is 158 cm³/mol. The Morgan fingerprint density at radius 2 is 1.49 bits per heavy atom. The van der Waals surface area contributed by atoms with Crippen LogP contribution in [-0.2, 0) is 14.8 Å². The van der Waals surface area contributed by atoms with Crippen LogP contribution < -0.4 is 14.4 Å². The molecule has 6 nitrogen and oxygen atoms in total. The van der Waals surface area contributed by atoms with Gasteiger partial charge in [0.2, 0.25) is 5.91 Å². The third kappa shape index (κ3) is 6.82. The highest BCUT2D eigenvalue weighted by Gasteiger charge is 2.30. The van der Waals surface area contributed by atoms with Crippen LogP contribution in [0.5, 0.6) is 5.75 Å². The van der Waals surface area contributed by atoms with E-state index in [0.717, 1.165) is 25.9 Å². The molecule has 0 aliphatic carbocycles. The number of para-hydroxylation sites is 2. The number of thioether (sulfide) groups is 1. The van der Waals surface area contributed by atoms with E-state index in [2.05, 4.69) is 5.32 Å². The average Bonchev–Trinajstić information content (AvgIpc) is 2.96. The maximum absolute atomic E-state index is 14.0. The second-order valence-electron chi connectivity index (χ2n) is 8.91. The fraction of sp³-hybridized carbons (Fsp3) is 0.194. The number of sulfonamides is 1. The SMILES string of the molecule is CCOc1ccccc1N(CC(=O)N[C@@H](c1ccccc1)c1ccc(C)cc1)S(=O)(=O)c1ccc(SC)cc1. The van der Waals surface area contributed by atoms with E-state index in [9.17, 15) is 13.2 Å². The van der Waals surface area contributed by atoms with Crippen LogP contribution >= 0.6 is 11.8 Å². The van der Waals surface area contributed by atoms with Crippen molar-refractivity contribution in [2.75, 3.05) is 23.7 Å². The first-order valence-electron chi connectivity index (χ1n) is 12.6. The van der Waals surface area contributed by atoms with Gasteiger partial charge in [0.1, 0.15) is 12.3 Å². The second-order valence-corrected chi connectivity index (χ2v) is 11.7. The van der Waals surface area contributed by atoms with E-state index >= 15 is 0 Å². The standard InChI is InChI=1S/C31H32N2O4S2/c1-4-37-29-13-9-8-12-28(29)33(39(35,36)27-20-18-26(38-3)19-21-27)22-30(34)32-31(24-10-6-5-7-11-24)25-16-14-23(2)15-17-25/h5-21,31H,4,22H2,1-3H3,(H,32,34)/t31-/m0/s1. The molecule has 0 spiro atoms. The van der Waals surface area contributed by atoms with Crippen LogP contribution in [0.2, 0.25) is 0 Å². The summed E-state index contributed by atoms with van der Waals surface area (Å²) in [5, 5.41) is 3.07. The third-order valence-corrected chi connectivity index (χ3v) is 8.73. The Kier molecular flexibility index (Phi) is 9.32. The van der Waals surface area contributed by atoms with Crippen LogP contribution in [0.3, 0.4) is 0 Å². The number of benzene rings is 4. The molecule has 39 heavy (non-hydrogen) atoms. The highest BCUT2D eigenvalue weighted by molar-refractivity contribution is 7.98. The summed E-state index contributed by atoms with van der Waals surface area (Å²) in [6.07, 6.45) is 1.93. The van der Waals surface area contributed by atoms with Gasteiger partial charge >= 0.3 is 0 Å². The van der Waals surface area contributed by atoms with Gasteiger partial charge in [0, 0.05) is 4.90 Å². The van der Waals surface area contributed by atoms with Crippen molar-refractivity contribution in [2.45, 2.75) is 29.7 Å². The number of nitrogens with one attached hydrogen (secondary N) is 1. The van der Waals surface area contributed by atoms with E-state index in [0.29, 0.717) is 18.0 Å². The Morgan fingerprint density at radius 1 is 0.872 bits per heavy atom. The Hall–Kier alpha value is -3.75. The van der Waals surface area contributed by atoms with Crippen molar-refractivity contribution in [3.8, 4) is 5.75 Å². The fourth-order valence-electron chi connectivity index (χ4n) is 4.22. The lowest BCUT2D eigenvalue weighted by Crippen LogP contribution is -2.42. The largest absolute Gasteiger partial charge is 0.492 e. The van der Waals surface area contributed by atoms with Crippen molar-refractivity contribution in [3.63, 3.8) is 0 Å². The molecule has 0 radical (unpaired) electrons. The van der Waals surface area contributed by atoms with Gasteiger partial charge in [-0.15, -0.1) is 11.8 Å². The molecule has 1 amide bonds. The zero-order valence-corrected chi connectivity index (χ0v) is 23.8. The molecule has 4 aromatic carbocycles. The number of nitrogens with zero attached hydrogens (tertiary/aromatic N) is 1. The van der Waals surface area contributed by atoms with E-state index in [4.69, 9.17) is 4.74 Å². The van der Waals surface area contributed by atoms with Gasteiger partial charge in [0.05, 0.1) is 23.2 Å². The molecular formula is C31H32N2O4S2. The summed E-state index contributed by atoms with van der Waals surface area (Å²) in [6, 6.07) is 30.6. The first-order chi connectivity index (χ1) is 18.8. The molecule has 0 fully saturated rings. The fourth-order valence-corrected chi connectivity index (χ4v) is 6.06. The molecule has 0 bridgehead atoms. The first-order valence-corrected chi connectivity index (χ1v) is 15.3. The van der Waals surface area contributed by atoms with Crippen molar-refractivity contribution in [3.05, 3.63) is 120 Å². The van der Waals surface area contributed by atoms with Crippen molar-refractivity contribution in [1.29, 1.82) is 0 Å². The molecular weight excluding hydrogens is 528 g/mol. The number of anilines is 1. The Bertz CT molecular complexity index is 1490. The number of carbonyl (C=O) groups excluding carboxylic acids is 1. The molecule has 0 aliphatic rings.